The Labute approximate surface area is 105 Å². The summed E-state index contributed by atoms with van der Waals surface area (Å²) in [5, 5.41) is 0. The second kappa shape index (κ2) is 5.65. The second-order valence-electron chi connectivity index (χ2n) is 6.03. The van der Waals surface area contributed by atoms with Crippen LogP contribution in [0.5, 0.6) is 0 Å². The molecule has 1 fully saturated rings. The Bertz CT molecular complexity index is 242. The van der Waals surface area contributed by atoms with E-state index in [0.717, 1.165) is 26.1 Å². The molecule has 4 nitrogen and oxygen atoms in total. The minimum atomic E-state index is -0.132. The lowest BCUT2D eigenvalue weighted by molar-refractivity contribution is -0.0784. The van der Waals surface area contributed by atoms with Crippen LogP contribution in [0.25, 0.3) is 0 Å². The molecule has 0 amide bonds. The zero-order valence-electron chi connectivity index (χ0n) is 11.9. The fraction of sp³-hybridized carbons (Fsp3) is 1.00. The van der Waals surface area contributed by atoms with Gasteiger partial charge in [-0.2, -0.15) is 0 Å². The van der Waals surface area contributed by atoms with Crippen molar-refractivity contribution in [3.63, 3.8) is 0 Å². The van der Waals surface area contributed by atoms with Crippen molar-refractivity contribution in [3.05, 3.63) is 0 Å². The molecular weight excluding hydrogens is 216 g/mol. The third kappa shape index (κ3) is 3.91. The Morgan fingerprint density at radius 1 is 1.41 bits per heavy atom. The lowest BCUT2D eigenvalue weighted by Gasteiger charge is -2.32. The first-order chi connectivity index (χ1) is 7.82. The summed E-state index contributed by atoms with van der Waals surface area (Å²) in [7, 11) is 0. The van der Waals surface area contributed by atoms with Crippen LogP contribution in [-0.4, -0.2) is 30.5 Å². The van der Waals surface area contributed by atoms with Crippen LogP contribution in [0.3, 0.4) is 0 Å². The standard InChI is InChI=1S/C13H28N2O2/c1-6-16-8-7-11(15-14)10-9-12(2,3)17-13(10,4)5/h10-11,15H,6-9,14H2,1-5H3. The summed E-state index contributed by atoms with van der Waals surface area (Å²) >= 11 is 0. The van der Waals surface area contributed by atoms with Gasteiger partial charge in [0.15, 0.2) is 0 Å². The highest BCUT2D eigenvalue weighted by Gasteiger charge is 2.48. The van der Waals surface area contributed by atoms with Gasteiger partial charge in [-0.25, -0.2) is 0 Å². The highest BCUT2D eigenvalue weighted by molar-refractivity contribution is 4.98. The maximum absolute atomic E-state index is 6.10. The van der Waals surface area contributed by atoms with Gasteiger partial charge in [0.1, 0.15) is 0 Å². The number of nitrogens with two attached hydrogens (primary N) is 1. The summed E-state index contributed by atoms with van der Waals surface area (Å²) in [5.74, 6) is 6.10. The van der Waals surface area contributed by atoms with Crippen LogP contribution in [0.2, 0.25) is 0 Å². The quantitative estimate of drug-likeness (QED) is 0.425. The molecule has 0 radical (unpaired) electrons. The van der Waals surface area contributed by atoms with E-state index in [-0.39, 0.29) is 17.2 Å². The number of ether oxygens (including phenoxy) is 2. The van der Waals surface area contributed by atoms with Gasteiger partial charge in [0.25, 0.3) is 0 Å². The summed E-state index contributed by atoms with van der Waals surface area (Å²) in [6.07, 6.45) is 1.96. The lowest BCUT2D eigenvalue weighted by atomic mass is 9.81. The van der Waals surface area contributed by atoms with Crippen molar-refractivity contribution in [3.8, 4) is 0 Å². The van der Waals surface area contributed by atoms with Gasteiger partial charge in [0.2, 0.25) is 0 Å². The molecular formula is C13H28N2O2. The largest absolute Gasteiger partial charge is 0.382 e. The first-order valence-electron chi connectivity index (χ1n) is 6.56. The minimum Gasteiger partial charge on any atom is -0.382 e. The normalized spacial score (nSPS) is 28.2. The molecule has 0 aromatic rings. The van der Waals surface area contributed by atoms with E-state index < -0.39 is 0 Å². The van der Waals surface area contributed by atoms with Gasteiger partial charge in [-0.3, -0.25) is 11.3 Å². The van der Waals surface area contributed by atoms with Crippen LogP contribution in [0, 0.1) is 5.92 Å². The molecule has 1 heterocycles. The Kier molecular flexibility index (Phi) is 4.95. The van der Waals surface area contributed by atoms with Crippen LogP contribution in [-0.2, 0) is 9.47 Å². The smallest absolute Gasteiger partial charge is 0.0678 e. The molecule has 102 valence electrons. The van der Waals surface area contributed by atoms with Gasteiger partial charge >= 0.3 is 0 Å². The molecule has 1 rings (SSSR count). The Morgan fingerprint density at radius 3 is 2.47 bits per heavy atom. The van der Waals surface area contributed by atoms with Gasteiger partial charge in [-0.1, -0.05) is 0 Å². The molecule has 4 heteroatoms. The highest BCUT2D eigenvalue weighted by atomic mass is 16.5. The summed E-state index contributed by atoms with van der Waals surface area (Å²) in [5.41, 5.74) is 2.74. The SMILES string of the molecule is CCOCCC(NN)C1CC(C)(C)OC1(C)C. The molecule has 2 atom stereocenters. The average molecular weight is 244 g/mol. The Balaban J connectivity index is 2.62. The summed E-state index contributed by atoms with van der Waals surface area (Å²) in [6, 6.07) is 0.248. The van der Waals surface area contributed by atoms with Gasteiger partial charge in [0.05, 0.1) is 11.2 Å². The van der Waals surface area contributed by atoms with Crippen LogP contribution < -0.4 is 11.3 Å². The van der Waals surface area contributed by atoms with Crippen LogP contribution in [0.1, 0.15) is 47.5 Å². The van der Waals surface area contributed by atoms with E-state index in [2.05, 4.69) is 33.1 Å². The number of hydrazine groups is 1. The fourth-order valence-electron chi connectivity index (χ4n) is 2.99. The van der Waals surface area contributed by atoms with Gasteiger partial charge in [-0.15, -0.1) is 0 Å². The number of hydrogen-bond donors (Lipinski definition) is 2. The van der Waals surface area contributed by atoms with Crippen molar-refractivity contribution < 1.29 is 9.47 Å². The van der Waals surface area contributed by atoms with Crippen molar-refractivity contribution in [1.29, 1.82) is 0 Å². The highest BCUT2D eigenvalue weighted by Crippen LogP contribution is 2.43. The van der Waals surface area contributed by atoms with E-state index in [1.807, 2.05) is 6.92 Å². The topological polar surface area (TPSA) is 56.5 Å². The zero-order chi connectivity index (χ0) is 13.1. The van der Waals surface area contributed by atoms with Crippen molar-refractivity contribution in [2.45, 2.75) is 64.7 Å². The zero-order valence-corrected chi connectivity index (χ0v) is 11.9. The first-order valence-corrected chi connectivity index (χ1v) is 6.56. The third-order valence-electron chi connectivity index (χ3n) is 3.62. The van der Waals surface area contributed by atoms with Crippen molar-refractivity contribution in [2.75, 3.05) is 13.2 Å². The molecule has 1 aliphatic rings. The molecule has 17 heavy (non-hydrogen) atoms. The molecule has 0 aromatic heterocycles. The van der Waals surface area contributed by atoms with E-state index in [1.54, 1.807) is 0 Å². The Hall–Kier alpha value is -0.160. The first kappa shape index (κ1) is 14.9. The van der Waals surface area contributed by atoms with Crippen molar-refractivity contribution in [1.82, 2.24) is 5.43 Å². The van der Waals surface area contributed by atoms with E-state index in [4.69, 9.17) is 15.3 Å². The number of rotatable bonds is 6. The van der Waals surface area contributed by atoms with Gasteiger partial charge in [-0.05, 0) is 47.5 Å². The van der Waals surface area contributed by atoms with E-state index in [1.165, 1.54) is 0 Å². The molecule has 0 saturated carbocycles. The molecule has 0 aromatic carbocycles. The molecule has 3 N–H and O–H groups in total. The van der Waals surface area contributed by atoms with Crippen LogP contribution in [0.4, 0.5) is 0 Å². The lowest BCUT2D eigenvalue weighted by Crippen LogP contribution is -2.47. The fourth-order valence-corrected chi connectivity index (χ4v) is 2.99. The molecule has 0 spiro atoms. The molecule has 0 aliphatic carbocycles. The van der Waals surface area contributed by atoms with Crippen molar-refractivity contribution >= 4 is 0 Å². The van der Waals surface area contributed by atoms with E-state index in [9.17, 15) is 0 Å². The predicted molar refractivity (Wildman–Crippen MR) is 69.6 cm³/mol. The van der Waals surface area contributed by atoms with E-state index >= 15 is 0 Å². The minimum absolute atomic E-state index is 0.0606. The van der Waals surface area contributed by atoms with Gasteiger partial charge in [0, 0.05) is 25.2 Å². The Morgan fingerprint density at radius 2 is 2.06 bits per heavy atom. The predicted octanol–water partition coefficient (Wildman–Crippen LogP) is 1.84. The second-order valence-corrected chi connectivity index (χ2v) is 6.03. The van der Waals surface area contributed by atoms with E-state index in [0.29, 0.717) is 5.92 Å². The number of hydrogen-bond acceptors (Lipinski definition) is 4. The molecule has 1 aliphatic heterocycles. The summed E-state index contributed by atoms with van der Waals surface area (Å²) in [4.78, 5) is 0. The number of nitrogens with one attached hydrogen (secondary N) is 1. The van der Waals surface area contributed by atoms with Crippen LogP contribution >= 0.6 is 0 Å². The molecule has 0 bridgehead atoms. The molecule has 2 unspecified atom stereocenters. The maximum Gasteiger partial charge on any atom is 0.0678 e. The third-order valence-corrected chi connectivity index (χ3v) is 3.62. The average Bonchev–Trinajstić information content (AvgIpc) is 2.42. The summed E-state index contributed by atoms with van der Waals surface area (Å²) < 4.78 is 11.5. The summed E-state index contributed by atoms with van der Waals surface area (Å²) in [6.45, 7) is 12.1. The van der Waals surface area contributed by atoms with Gasteiger partial charge < -0.3 is 9.47 Å². The molecule has 1 saturated heterocycles. The van der Waals surface area contributed by atoms with Crippen LogP contribution in [0.15, 0.2) is 0 Å². The maximum atomic E-state index is 6.10. The van der Waals surface area contributed by atoms with Crippen molar-refractivity contribution in [2.24, 2.45) is 11.8 Å². The monoisotopic (exact) mass is 244 g/mol.